The number of aryl methyl sites for hydroxylation is 1. The van der Waals surface area contributed by atoms with E-state index in [9.17, 15) is 20.0 Å². The normalized spacial score (nSPS) is 10.3. The third kappa shape index (κ3) is 2.21. The molecule has 0 amide bonds. The molecule has 0 N–H and O–H groups in total. The van der Waals surface area contributed by atoms with Crippen molar-refractivity contribution in [3.05, 3.63) is 45.0 Å². The number of carboxylic acids is 1. The van der Waals surface area contributed by atoms with E-state index in [0.717, 1.165) is 11.3 Å². The highest BCUT2D eigenvalue weighted by atomic mass is 32.1. The average molecular weight is 263 g/mol. The van der Waals surface area contributed by atoms with Crippen molar-refractivity contribution in [3.8, 4) is 10.6 Å². The fourth-order valence-corrected chi connectivity index (χ4v) is 2.34. The van der Waals surface area contributed by atoms with Crippen LogP contribution in [0, 0.1) is 17.0 Å². The lowest BCUT2D eigenvalue weighted by Crippen LogP contribution is -2.21. The van der Waals surface area contributed by atoms with Gasteiger partial charge in [0, 0.05) is 17.7 Å². The number of benzene rings is 1. The van der Waals surface area contributed by atoms with Crippen LogP contribution in [0.15, 0.2) is 24.3 Å². The molecule has 0 aliphatic heterocycles. The quantitative estimate of drug-likeness (QED) is 0.615. The van der Waals surface area contributed by atoms with Crippen molar-refractivity contribution in [3.63, 3.8) is 0 Å². The van der Waals surface area contributed by atoms with E-state index in [2.05, 4.69) is 4.98 Å². The first kappa shape index (κ1) is 12.2. The molecule has 2 rings (SSSR count). The minimum Gasteiger partial charge on any atom is -0.544 e. The molecule has 1 aromatic heterocycles. The number of thiazole rings is 1. The summed E-state index contributed by atoms with van der Waals surface area (Å²) >= 11 is 0.992. The van der Waals surface area contributed by atoms with Crippen LogP contribution in [-0.2, 0) is 0 Å². The summed E-state index contributed by atoms with van der Waals surface area (Å²) in [7, 11) is 0. The molecular weight excluding hydrogens is 256 g/mol. The van der Waals surface area contributed by atoms with Gasteiger partial charge >= 0.3 is 0 Å². The summed E-state index contributed by atoms with van der Waals surface area (Å²) in [5, 5.41) is 21.8. The van der Waals surface area contributed by atoms with E-state index in [0.29, 0.717) is 16.3 Å². The van der Waals surface area contributed by atoms with Gasteiger partial charge in [0.2, 0.25) is 0 Å². The van der Waals surface area contributed by atoms with Crippen LogP contribution in [0.5, 0.6) is 0 Å². The van der Waals surface area contributed by atoms with Gasteiger partial charge < -0.3 is 9.90 Å². The molecule has 1 aromatic carbocycles. The average Bonchev–Trinajstić information content (AvgIpc) is 2.71. The Kier molecular flexibility index (Phi) is 3.07. The Morgan fingerprint density at radius 2 is 1.94 bits per heavy atom. The van der Waals surface area contributed by atoms with Crippen molar-refractivity contribution in [1.82, 2.24) is 4.98 Å². The Hall–Kier alpha value is -2.28. The first-order chi connectivity index (χ1) is 8.49. The lowest BCUT2D eigenvalue weighted by Gasteiger charge is -1.96. The minimum atomic E-state index is -1.27. The smallest absolute Gasteiger partial charge is 0.269 e. The third-order valence-electron chi connectivity index (χ3n) is 2.31. The number of carboxylic acid groups (broad SMARTS) is 1. The van der Waals surface area contributed by atoms with Crippen molar-refractivity contribution >= 4 is 23.0 Å². The van der Waals surface area contributed by atoms with Crippen LogP contribution in [0.1, 0.15) is 15.4 Å². The zero-order valence-electron chi connectivity index (χ0n) is 9.25. The molecule has 0 bridgehead atoms. The maximum Gasteiger partial charge on any atom is 0.269 e. The molecule has 0 spiro atoms. The first-order valence-corrected chi connectivity index (χ1v) is 5.74. The second-order valence-corrected chi connectivity index (χ2v) is 4.52. The van der Waals surface area contributed by atoms with Crippen molar-refractivity contribution in [2.45, 2.75) is 6.92 Å². The molecule has 0 aliphatic carbocycles. The van der Waals surface area contributed by atoms with Gasteiger partial charge in [-0.25, -0.2) is 4.98 Å². The number of aromatic carboxylic acids is 1. The second-order valence-electron chi connectivity index (χ2n) is 3.52. The number of aromatic nitrogens is 1. The van der Waals surface area contributed by atoms with Gasteiger partial charge in [-0.05, 0) is 19.1 Å². The highest BCUT2D eigenvalue weighted by Gasteiger charge is 2.11. The van der Waals surface area contributed by atoms with Crippen LogP contribution in [-0.4, -0.2) is 15.9 Å². The summed E-state index contributed by atoms with van der Waals surface area (Å²) in [5.74, 6) is -1.27. The number of hydrogen-bond donors (Lipinski definition) is 0. The Morgan fingerprint density at radius 1 is 1.33 bits per heavy atom. The molecule has 0 unspecified atom stereocenters. The monoisotopic (exact) mass is 263 g/mol. The predicted octanol–water partition coefficient (Wildman–Crippen LogP) is 1.39. The largest absolute Gasteiger partial charge is 0.544 e. The van der Waals surface area contributed by atoms with Crippen LogP contribution >= 0.6 is 11.3 Å². The van der Waals surface area contributed by atoms with Gasteiger partial charge in [0.05, 0.1) is 21.5 Å². The summed E-state index contributed by atoms with van der Waals surface area (Å²) in [6.07, 6.45) is 0. The molecule has 7 heteroatoms. The SMILES string of the molecule is Cc1nc(-c2ccc([N+](=O)[O-])cc2)sc1C(=O)[O-]. The van der Waals surface area contributed by atoms with E-state index in [1.807, 2.05) is 0 Å². The van der Waals surface area contributed by atoms with Crippen molar-refractivity contribution in [2.75, 3.05) is 0 Å². The van der Waals surface area contributed by atoms with Gasteiger partial charge in [0.25, 0.3) is 5.69 Å². The van der Waals surface area contributed by atoms with Gasteiger partial charge in [0.1, 0.15) is 5.01 Å². The molecule has 0 saturated carbocycles. The predicted molar refractivity (Wildman–Crippen MR) is 63.3 cm³/mol. The fourth-order valence-electron chi connectivity index (χ4n) is 1.44. The van der Waals surface area contributed by atoms with Crippen molar-refractivity contribution in [1.29, 1.82) is 0 Å². The molecule has 92 valence electrons. The standard InChI is InChI=1S/C11H8N2O4S/c1-6-9(11(14)15)18-10(12-6)7-2-4-8(5-3-7)13(16)17/h2-5H,1H3,(H,14,15)/p-1. The number of nitrogens with zero attached hydrogens (tertiary/aromatic N) is 2. The Labute approximate surface area is 106 Å². The number of non-ortho nitro benzene ring substituents is 1. The summed E-state index contributed by atoms with van der Waals surface area (Å²) < 4.78 is 0. The Balaban J connectivity index is 2.40. The van der Waals surface area contributed by atoms with Gasteiger partial charge in [-0.1, -0.05) is 0 Å². The summed E-state index contributed by atoms with van der Waals surface area (Å²) in [4.78, 5) is 25.0. The van der Waals surface area contributed by atoms with Gasteiger partial charge in [0.15, 0.2) is 0 Å². The van der Waals surface area contributed by atoms with E-state index in [-0.39, 0.29) is 10.6 Å². The highest BCUT2D eigenvalue weighted by Crippen LogP contribution is 2.28. The maximum absolute atomic E-state index is 10.8. The fraction of sp³-hybridized carbons (Fsp3) is 0.0909. The summed E-state index contributed by atoms with van der Waals surface area (Å²) in [6, 6.07) is 5.78. The lowest BCUT2D eigenvalue weighted by molar-refractivity contribution is -0.384. The molecule has 1 heterocycles. The van der Waals surface area contributed by atoms with E-state index >= 15 is 0 Å². The summed E-state index contributed by atoms with van der Waals surface area (Å²) in [5.41, 5.74) is 1.00. The van der Waals surface area contributed by atoms with E-state index in [1.165, 1.54) is 24.3 Å². The molecule has 6 nitrogen and oxygen atoms in total. The highest BCUT2D eigenvalue weighted by molar-refractivity contribution is 7.17. The number of carbonyl (C=O) groups excluding carboxylic acids is 1. The van der Waals surface area contributed by atoms with Gasteiger partial charge in [-0.2, -0.15) is 0 Å². The Morgan fingerprint density at radius 3 is 2.39 bits per heavy atom. The van der Waals surface area contributed by atoms with Crippen LogP contribution in [0.3, 0.4) is 0 Å². The van der Waals surface area contributed by atoms with Crippen molar-refractivity contribution in [2.24, 2.45) is 0 Å². The number of carbonyl (C=O) groups is 1. The van der Waals surface area contributed by atoms with Gasteiger partial charge in [-0.15, -0.1) is 11.3 Å². The summed E-state index contributed by atoms with van der Waals surface area (Å²) in [6.45, 7) is 1.58. The maximum atomic E-state index is 10.8. The molecule has 0 fully saturated rings. The minimum absolute atomic E-state index is 0.0212. The molecule has 0 aliphatic rings. The first-order valence-electron chi connectivity index (χ1n) is 4.92. The van der Waals surface area contributed by atoms with E-state index in [4.69, 9.17) is 0 Å². The van der Waals surface area contributed by atoms with E-state index < -0.39 is 10.9 Å². The number of nitro benzene ring substituents is 1. The zero-order chi connectivity index (χ0) is 13.3. The molecule has 18 heavy (non-hydrogen) atoms. The molecule has 0 atom stereocenters. The van der Waals surface area contributed by atoms with E-state index in [1.54, 1.807) is 6.92 Å². The van der Waals surface area contributed by atoms with Crippen molar-refractivity contribution < 1.29 is 14.8 Å². The number of rotatable bonds is 3. The number of hydrogen-bond acceptors (Lipinski definition) is 6. The molecule has 2 aromatic rings. The van der Waals surface area contributed by atoms with Crippen LogP contribution in [0.2, 0.25) is 0 Å². The lowest BCUT2D eigenvalue weighted by atomic mass is 10.2. The number of nitro groups is 1. The van der Waals surface area contributed by atoms with Crippen LogP contribution in [0.4, 0.5) is 5.69 Å². The van der Waals surface area contributed by atoms with Crippen LogP contribution < -0.4 is 5.11 Å². The third-order valence-corrected chi connectivity index (χ3v) is 3.49. The molecule has 0 radical (unpaired) electrons. The molecular formula is C11H7N2O4S-. The molecule has 0 saturated heterocycles. The zero-order valence-corrected chi connectivity index (χ0v) is 10.1. The van der Waals surface area contributed by atoms with Gasteiger partial charge in [-0.3, -0.25) is 10.1 Å². The Bertz CT molecular complexity index is 618. The topological polar surface area (TPSA) is 96.2 Å². The van der Waals surface area contributed by atoms with Crippen LogP contribution in [0.25, 0.3) is 10.6 Å². The second kappa shape index (κ2) is 4.53.